The molecular formula is C13H18N2O4. The van der Waals surface area contributed by atoms with Gasteiger partial charge in [0, 0.05) is 17.9 Å². The van der Waals surface area contributed by atoms with E-state index in [1.807, 2.05) is 11.0 Å². The first-order valence-corrected chi connectivity index (χ1v) is 6.10. The summed E-state index contributed by atoms with van der Waals surface area (Å²) in [6, 6.07) is 5.08. The van der Waals surface area contributed by atoms with Gasteiger partial charge in [0.2, 0.25) is 0 Å². The van der Waals surface area contributed by atoms with Crippen molar-refractivity contribution in [3.63, 3.8) is 0 Å². The molecule has 19 heavy (non-hydrogen) atoms. The van der Waals surface area contributed by atoms with Gasteiger partial charge in [-0.3, -0.25) is 0 Å². The van der Waals surface area contributed by atoms with Gasteiger partial charge in [0.15, 0.2) is 0 Å². The van der Waals surface area contributed by atoms with Crippen molar-refractivity contribution in [1.82, 2.24) is 0 Å². The predicted octanol–water partition coefficient (Wildman–Crippen LogP) is 0.253. The third-order valence-corrected chi connectivity index (χ3v) is 3.21. The Kier molecular flexibility index (Phi) is 4.24. The summed E-state index contributed by atoms with van der Waals surface area (Å²) in [5, 5.41) is 9.36. The number of nitrogens with zero attached hydrogens (tertiary/aromatic N) is 1. The molecule has 0 radical (unpaired) electrons. The van der Waals surface area contributed by atoms with Crippen LogP contribution >= 0.6 is 0 Å². The maximum absolute atomic E-state index is 11.6. The number of nitrogens with two attached hydrogens (primary N) is 1. The van der Waals surface area contributed by atoms with Crippen molar-refractivity contribution >= 4 is 17.3 Å². The van der Waals surface area contributed by atoms with Gasteiger partial charge < -0.3 is 25.2 Å². The van der Waals surface area contributed by atoms with Gasteiger partial charge in [0.1, 0.15) is 0 Å². The smallest absolute Gasteiger partial charge is 0.340 e. The zero-order chi connectivity index (χ0) is 13.8. The van der Waals surface area contributed by atoms with E-state index in [-0.39, 0.29) is 12.6 Å². The second-order valence-electron chi connectivity index (χ2n) is 4.37. The van der Waals surface area contributed by atoms with Crippen molar-refractivity contribution in [2.45, 2.75) is 6.04 Å². The zero-order valence-electron chi connectivity index (χ0n) is 10.8. The molecule has 1 atom stereocenters. The molecule has 1 aromatic rings. The summed E-state index contributed by atoms with van der Waals surface area (Å²) < 4.78 is 10.0. The minimum atomic E-state index is -0.465. The van der Waals surface area contributed by atoms with Crippen molar-refractivity contribution in [2.24, 2.45) is 0 Å². The number of anilines is 2. The SMILES string of the molecule is COC(=O)c1cc(N2CCOCC2CO)ccc1N. The molecule has 6 heteroatoms. The van der Waals surface area contributed by atoms with Crippen LogP contribution in [0.3, 0.4) is 0 Å². The van der Waals surface area contributed by atoms with Crippen molar-refractivity contribution in [3.8, 4) is 0 Å². The number of carbonyl (C=O) groups excluding carboxylic acids is 1. The van der Waals surface area contributed by atoms with Crippen LogP contribution in [0, 0.1) is 0 Å². The molecule has 1 saturated heterocycles. The molecule has 1 fully saturated rings. The standard InChI is InChI=1S/C13H18N2O4/c1-18-13(17)11-6-9(2-3-12(11)14)15-4-5-19-8-10(15)7-16/h2-3,6,10,16H,4-5,7-8,14H2,1H3. The number of benzene rings is 1. The maximum atomic E-state index is 11.6. The average Bonchev–Trinajstić information content (AvgIpc) is 2.47. The van der Waals surface area contributed by atoms with Gasteiger partial charge in [-0.25, -0.2) is 4.79 Å². The second-order valence-corrected chi connectivity index (χ2v) is 4.37. The minimum absolute atomic E-state index is 0.00205. The number of hydrogen-bond acceptors (Lipinski definition) is 6. The average molecular weight is 266 g/mol. The lowest BCUT2D eigenvalue weighted by molar-refractivity contribution is 0.0602. The second kappa shape index (κ2) is 5.90. The number of ether oxygens (including phenoxy) is 2. The molecule has 0 bridgehead atoms. The molecule has 1 aliphatic heterocycles. The monoisotopic (exact) mass is 266 g/mol. The molecule has 0 aliphatic carbocycles. The highest BCUT2D eigenvalue weighted by Crippen LogP contribution is 2.24. The van der Waals surface area contributed by atoms with E-state index in [4.69, 9.17) is 15.2 Å². The Morgan fingerprint density at radius 1 is 1.63 bits per heavy atom. The quantitative estimate of drug-likeness (QED) is 0.602. The van der Waals surface area contributed by atoms with E-state index in [1.54, 1.807) is 12.1 Å². The molecule has 6 nitrogen and oxygen atoms in total. The van der Waals surface area contributed by atoms with Crippen LogP contribution in [0.25, 0.3) is 0 Å². The Morgan fingerprint density at radius 2 is 2.42 bits per heavy atom. The fourth-order valence-electron chi connectivity index (χ4n) is 2.16. The van der Waals surface area contributed by atoms with Gasteiger partial charge in [0.25, 0.3) is 0 Å². The van der Waals surface area contributed by atoms with Crippen molar-refractivity contribution in [2.75, 3.05) is 44.1 Å². The van der Waals surface area contributed by atoms with Crippen molar-refractivity contribution in [1.29, 1.82) is 0 Å². The molecule has 104 valence electrons. The summed E-state index contributed by atoms with van der Waals surface area (Å²) in [6.07, 6.45) is 0. The van der Waals surface area contributed by atoms with Crippen LogP contribution < -0.4 is 10.6 Å². The summed E-state index contributed by atoms with van der Waals surface area (Å²) in [7, 11) is 1.32. The highest BCUT2D eigenvalue weighted by Gasteiger charge is 2.23. The number of hydrogen-bond donors (Lipinski definition) is 2. The molecule has 3 N–H and O–H groups in total. The Labute approximate surface area is 111 Å². The number of esters is 1. The van der Waals surface area contributed by atoms with Crippen LogP contribution in [0.4, 0.5) is 11.4 Å². The van der Waals surface area contributed by atoms with E-state index in [0.717, 1.165) is 5.69 Å². The fraction of sp³-hybridized carbons (Fsp3) is 0.462. The van der Waals surface area contributed by atoms with E-state index < -0.39 is 5.97 Å². The Balaban J connectivity index is 2.31. The normalized spacial score (nSPS) is 19.3. The molecular weight excluding hydrogens is 248 g/mol. The molecule has 0 saturated carbocycles. The Bertz CT molecular complexity index is 464. The highest BCUT2D eigenvalue weighted by molar-refractivity contribution is 5.96. The molecule has 2 rings (SSSR count). The lowest BCUT2D eigenvalue weighted by Crippen LogP contribution is -2.47. The first-order chi connectivity index (χ1) is 9.17. The van der Waals surface area contributed by atoms with Gasteiger partial charge in [0.05, 0.1) is 38.5 Å². The summed E-state index contributed by atoms with van der Waals surface area (Å²) in [5.41, 5.74) is 7.32. The number of aliphatic hydroxyl groups excluding tert-OH is 1. The largest absolute Gasteiger partial charge is 0.465 e. The summed E-state index contributed by atoms with van der Waals surface area (Å²) in [4.78, 5) is 13.6. The van der Waals surface area contributed by atoms with Gasteiger partial charge >= 0.3 is 5.97 Å². The summed E-state index contributed by atoms with van der Waals surface area (Å²) in [5.74, 6) is -0.465. The number of rotatable bonds is 3. The molecule has 1 unspecified atom stereocenters. The molecule has 0 amide bonds. The van der Waals surface area contributed by atoms with E-state index in [0.29, 0.717) is 31.0 Å². The van der Waals surface area contributed by atoms with Crippen LogP contribution in [0.5, 0.6) is 0 Å². The third kappa shape index (κ3) is 2.80. The van der Waals surface area contributed by atoms with E-state index in [2.05, 4.69) is 0 Å². The lowest BCUT2D eigenvalue weighted by Gasteiger charge is -2.36. The van der Waals surface area contributed by atoms with Crippen molar-refractivity contribution in [3.05, 3.63) is 23.8 Å². The van der Waals surface area contributed by atoms with Crippen LogP contribution in [-0.4, -0.2) is 50.6 Å². The van der Waals surface area contributed by atoms with Gasteiger partial charge in [-0.2, -0.15) is 0 Å². The number of aliphatic hydroxyl groups is 1. The van der Waals surface area contributed by atoms with Crippen molar-refractivity contribution < 1.29 is 19.4 Å². The first-order valence-electron chi connectivity index (χ1n) is 6.10. The summed E-state index contributed by atoms with van der Waals surface area (Å²) in [6.45, 7) is 1.72. The number of methoxy groups -OCH3 is 1. The molecule has 0 aromatic heterocycles. The first kappa shape index (κ1) is 13.6. The Hall–Kier alpha value is -1.79. The molecule has 0 spiro atoms. The number of morpholine rings is 1. The van der Waals surface area contributed by atoms with Crippen LogP contribution in [-0.2, 0) is 9.47 Å². The fourth-order valence-corrected chi connectivity index (χ4v) is 2.16. The van der Waals surface area contributed by atoms with Crippen LogP contribution in [0.2, 0.25) is 0 Å². The topological polar surface area (TPSA) is 85.0 Å². The third-order valence-electron chi connectivity index (χ3n) is 3.21. The molecule has 1 aliphatic rings. The van der Waals surface area contributed by atoms with Crippen LogP contribution in [0.1, 0.15) is 10.4 Å². The van der Waals surface area contributed by atoms with Gasteiger partial charge in [-0.15, -0.1) is 0 Å². The van der Waals surface area contributed by atoms with Crippen LogP contribution in [0.15, 0.2) is 18.2 Å². The number of carbonyl (C=O) groups is 1. The van der Waals surface area contributed by atoms with E-state index in [1.165, 1.54) is 7.11 Å². The highest BCUT2D eigenvalue weighted by atomic mass is 16.5. The molecule has 1 aromatic carbocycles. The summed E-state index contributed by atoms with van der Waals surface area (Å²) >= 11 is 0. The molecule has 1 heterocycles. The number of nitrogen functional groups attached to an aromatic ring is 1. The van der Waals surface area contributed by atoms with Gasteiger partial charge in [-0.1, -0.05) is 0 Å². The van der Waals surface area contributed by atoms with E-state index >= 15 is 0 Å². The predicted molar refractivity (Wildman–Crippen MR) is 71.2 cm³/mol. The van der Waals surface area contributed by atoms with E-state index in [9.17, 15) is 9.90 Å². The van der Waals surface area contributed by atoms with Gasteiger partial charge in [-0.05, 0) is 18.2 Å². The minimum Gasteiger partial charge on any atom is -0.465 e. The lowest BCUT2D eigenvalue weighted by atomic mass is 10.1. The zero-order valence-corrected chi connectivity index (χ0v) is 10.8. The maximum Gasteiger partial charge on any atom is 0.340 e. The Morgan fingerprint density at radius 3 is 3.11 bits per heavy atom.